The van der Waals surface area contributed by atoms with Gasteiger partial charge >= 0.3 is 5.97 Å². The van der Waals surface area contributed by atoms with Crippen LogP contribution in [0.4, 0.5) is 0 Å². The first kappa shape index (κ1) is 9.96. The molecule has 1 saturated heterocycles. The molecule has 0 aliphatic carbocycles. The molecule has 0 aromatic rings. The van der Waals surface area contributed by atoms with E-state index >= 15 is 0 Å². The molecule has 0 amide bonds. The van der Waals surface area contributed by atoms with Gasteiger partial charge in [0.1, 0.15) is 0 Å². The van der Waals surface area contributed by atoms with Crippen LogP contribution in [0, 0.1) is 0 Å². The largest absolute Gasteiger partial charge is 0.462 e. The van der Waals surface area contributed by atoms with Crippen molar-refractivity contribution in [2.45, 2.75) is 13.3 Å². The van der Waals surface area contributed by atoms with Crippen LogP contribution in [-0.4, -0.2) is 36.3 Å². The maximum absolute atomic E-state index is 11.6. The van der Waals surface area contributed by atoms with E-state index in [1.165, 1.54) is 0 Å². The number of esters is 1. The number of carbonyl (C=O) groups is 2. The number of nitrogens with zero attached hydrogens (tertiary/aromatic N) is 1. The monoisotopic (exact) mass is 207 g/mol. The van der Waals surface area contributed by atoms with Gasteiger partial charge in [0.15, 0.2) is 5.78 Å². The molecule has 0 bridgehead atoms. The standard InChI is InChI=1S/C11H13NO3/c1-2-15-11(14)8-4-3-6-12-7-5-9(13)10(8)12/h3-4H,2,5-7H2,1H3. The van der Waals surface area contributed by atoms with E-state index in [2.05, 4.69) is 0 Å². The molecule has 2 rings (SSSR count). The van der Waals surface area contributed by atoms with Crippen LogP contribution in [0.5, 0.6) is 0 Å². The summed E-state index contributed by atoms with van der Waals surface area (Å²) in [5.41, 5.74) is 0.946. The van der Waals surface area contributed by atoms with E-state index in [4.69, 9.17) is 4.74 Å². The van der Waals surface area contributed by atoms with Crippen LogP contribution in [0.1, 0.15) is 13.3 Å². The number of carbonyl (C=O) groups excluding carboxylic acids is 2. The Morgan fingerprint density at radius 2 is 2.40 bits per heavy atom. The van der Waals surface area contributed by atoms with Crippen molar-refractivity contribution in [3.05, 3.63) is 23.4 Å². The van der Waals surface area contributed by atoms with Gasteiger partial charge in [0, 0.05) is 19.5 Å². The quantitative estimate of drug-likeness (QED) is 0.624. The number of ketones is 1. The lowest BCUT2D eigenvalue weighted by atomic mass is 10.1. The Morgan fingerprint density at radius 1 is 1.60 bits per heavy atom. The Bertz CT molecular complexity index is 368. The van der Waals surface area contributed by atoms with Crippen molar-refractivity contribution < 1.29 is 14.3 Å². The summed E-state index contributed by atoms with van der Waals surface area (Å²) in [5, 5.41) is 0. The molecule has 1 fully saturated rings. The highest BCUT2D eigenvalue weighted by Crippen LogP contribution is 2.25. The van der Waals surface area contributed by atoms with Gasteiger partial charge in [0.25, 0.3) is 0 Å². The predicted molar refractivity (Wildman–Crippen MR) is 54.0 cm³/mol. The molecule has 4 heteroatoms. The second-order valence-electron chi connectivity index (χ2n) is 3.50. The third-order valence-corrected chi connectivity index (χ3v) is 2.55. The van der Waals surface area contributed by atoms with Gasteiger partial charge in [-0.05, 0) is 13.0 Å². The molecule has 15 heavy (non-hydrogen) atoms. The summed E-state index contributed by atoms with van der Waals surface area (Å²) < 4.78 is 4.91. The van der Waals surface area contributed by atoms with E-state index in [0.29, 0.717) is 37.4 Å². The number of fused-ring (bicyclic) bond motifs is 1. The molecule has 0 unspecified atom stereocenters. The van der Waals surface area contributed by atoms with Gasteiger partial charge in [-0.25, -0.2) is 4.79 Å². The lowest BCUT2D eigenvalue weighted by Crippen LogP contribution is -2.26. The van der Waals surface area contributed by atoms with Crippen LogP contribution in [0.3, 0.4) is 0 Å². The van der Waals surface area contributed by atoms with Gasteiger partial charge < -0.3 is 9.64 Å². The molecule has 2 aliphatic heterocycles. The molecule has 4 nitrogen and oxygen atoms in total. The first-order valence-corrected chi connectivity index (χ1v) is 5.10. The number of allylic oxidation sites excluding steroid dienone is 1. The zero-order valence-electron chi connectivity index (χ0n) is 8.66. The number of ether oxygens (including phenoxy) is 1. The highest BCUT2D eigenvalue weighted by molar-refractivity contribution is 6.06. The summed E-state index contributed by atoms with van der Waals surface area (Å²) in [4.78, 5) is 25.1. The van der Waals surface area contributed by atoms with E-state index < -0.39 is 5.97 Å². The molecule has 0 saturated carbocycles. The molecule has 80 valence electrons. The average molecular weight is 207 g/mol. The minimum atomic E-state index is -0.399. The van der Waals surface area contributed by atoms with Crippen molar-refractivity contribution in [1.29, 1.82) is 0 Å². The van der Waals surface area contributed by atoms with Gasteiger partial charge in [-0.15, -0.1) is 0 Å². The van der Waals surface area contributed by atoms with Gasteiger partial charge in [-0.1, -0.05) is 6.08 Å². The summed E-state index contributed by atoms with van der Waals surface area (Å²) >= 11 is 0. The molecule has 0 spiro atoms. The van der Waals surface area contributed by atoms with E-state index in [0.717, 1.165) is 0 Å². The fourth-order valence-corrected chi connectivity index (χ4v) is 1.90. The SMILES string of the molecule is CCOC(=O)C1=C2C(=O)CCN2CC=C1. The second-order valence-corrected chi connectivity index (χ2v) is 3.50. The Labute approximate surface area is 88.2 Å². The number of hydrogen-bond acceptors (Lipinski definition) is 4. The summed E-state index contributed by atoms with van der Waals surface area (Å²) in [6.07, 6.45) is 4.07. The second kappa shape index (κ2) is 3.88. The molecule has 0 aromatic heterocycles. The Kier molecular flexibility index (Phi) is 2.58. The molecular weight excluding hydrogens is 194 g/mol. The molecule has 0 atom stereocenters. The maximum Gasteiger partial charge on any atom is 0.340 e. The first-order chi connectivity index (χ1) is 7.24. The van der Waals surface area contributed by atoms with Crippen LogP contribution < -0.4 is 0 Å². The van der Waals surface area contributed by atoms with Gasteiger partial charge in [0.05, 0.1) is 17.9 Å². The number of hydrogen-bond donors (Lipinski definition) is 0. The lowest BCUT2D eigenvalue weighted by Gasteiger charge is -2.22. The van der Waals surface area contributed by atoms with Crippen LogP contribution in [0.2, 0.25) is 0 Å². The summed E-state index contributed by atoms with van der Waals surface area (Å²) in [6, 6.07) is 0. The van der Waals surface area contributed by atoms with Gasteiger partial charge in [-0.2, -0.15) is 0 Å². The van der Waals surface area contributed by atoms with Crippen molar-refractivity contribution in [3.63, 3.8) is 0 Å². The Balaban J connectivity index is 2.34. The normalized spacial score (nSPS) is 19.5. The minimum absolute atomic E-state index is 0.0439. The maximum atomic E-state index is 11.6. The molecule has 0 radical (unpaired) electrons. The number of rotatable bonds is 2. The van der Waals surface area contributed by atoms with E-state index in [-0.39, 0.29) is 5.78 Å². The summed E-state index contributed by atoms with van der Waals surface area (Å²) in [6.45, 7) is 3.51. The minimum Gasteiger partial charge on any atom is -0.462 e. The van der Waals surface area contributed by atoms with Crippen molar-refractivity contribution in [3.8, 4) is 0 Å². The highest BCUT2D eigenvalue weighted by Gasteiger charge is 2.32. The number of Topliss-reactive ketones (excluding diaryl/α,β-unsaturated/α-hetero) is 1. The van der Waals surface area contributed by atoms with E-state index in [9.17, 15) is 9.59 Å². The first-order valence-electron chi connectivity index (χ1n) is 5.10. The van der Waals surface area contributed by atoms with Crippen LogP contribution in [-0.2, 0) is 14.3 Å². The topological polar surface area (TPSA) is 46.6 Å². The molecule has 0 aromatic carbocycles. The molecule has 2 aliphatic rings. The average Bonchev–Trinajstić information content (AvgIpc) is 2.61. The third-order valence-electron chi connectivity index (χ3n) is 2.55. The van der Waals surface area contributed by atoms with Crippen LogP contribution in [0.25, 0.3) is 0 Å². The molecule has 2 heterocycles. The van der Waals surface area contributed by atoms with E-state index in [1.807, 2.05) is 11.0 Å². The summed E-state index contributed by atoms with van der Waals surface area (Å²) in [7, 11) is 0. The molecular formula is C11H13NO3. The van der Waals surface area contributed by atoms with Gasteiger partial charge in [0.2, 0.25) is 0 Å². The van der Waals surface area contributed by atoms with Crippen LogP contribution in [0.15, 0.2) is 23.4 Å². The van der Waals surface area contributed by atoms with Crippen molar-refractivity contribution in [2.75, 3.05) is 19.7 Å². The smallest absolute Gasteiger partial charge is 0.340 e. The van der Waals surface area contributed by atoms with Crippen LogP contribution >= 0.6 is 0 Å². The molecule has 0 N–H and O–H groups in total. The van der Waals surface area contributed by atoms with Crippen molar-refractivity contribution in [2.24, 2.45) is 0 Å². The van der Waals surface area contributed by atoms with Crippen molar-refractivity contribution in [1.82, 2.24) is 4.90 Å². The fraction of sp³-hybridized carbons (Fsp3) is 0.455. The highest BCUT2D eigenvalue weighted by atomic mass is 16.5. The zero-order valence-corrected chi connectivity index (χ0v) is 8.66. The Morgan fingerprint density at radius 3 is 3.13 bits per heavy atom. The Hall–Kier alpha value is -1.58. The predicted octanol–water partition coefficient (Wildman–Crippen LogP) is 0.648. The van der Waals surface area contributed by atoms with Gasteiger partial charge in [-0.3, -0.25) is 4.79 Å². The lowest BCUT2D eigenvalue weighted by molar-refractivity contribution is -0.138. The third kappa shape index (κ3) is 1.67. The fourth-order valence-electron chi connectivity index (χ4n) is 1.90. The van der Waals surface area contributed by atoms with E-state index in [1.54, 1.807) is 13.0 Å². The van der Waals surface area contributed by atoms with Crippen molar-refractivity contribution >= 4 is 11.8 Å². The zero-order chi connectivity index (χ0) is 10.8. The summed E-state index contributed by atoms with van der Waals surface area (Å²) in [5.74, 6) is -0.355.